The molecule has 0 bridgehead atoms. The Morgan fingerprint density at radius 3 is 2.45 bits per heavy atom. The first kappa shape index (κ1) is 18.2. The Balaban J connectivity index is 2.75. The van der Waals surface area contributed by atoms with Gasteiger partial charge in [-0.25, -0.2) is 0 Å². The molecular formula is C17H26N2O3. The molecule has 0 aliphatic rings. The fraction of sp³-hybridized carbons (Fsp3) is 0.529. The summed E-state index contributed by atoms with van der Waals surface area (Å²) in [6.45, 7) is 6.78. The van der Waals surface area contributed by atoms with Crippen LogP contribution in [0.4, 0.5) is 0 Å². The normalized spacial score (nSPS) is 12.2. The van der Waals surface area contributed by atoms with E-state index in [1.807, 2.05) is 38.1 Å². The highest BCUT2D eigenvalue weighted by atomic mass is 16.4. The minimum Gasteiger partial charge on any atom is -0.480 e. The van der Waals surface area contributed by atoms with Gasteiger partial charge in [0.2, 0.25) is 5.91 Å². The first-order valence-corrected chi connectivity index (χ1v) is 7.62. The van der Waals surface area contributed by atoms with E-state index in [1.54, 1.807) is 23.8 Å². The number of carbonyl (C=O) groups excluding carboxylic acids is 1. The maximum absolute atomic E-state index is 12.5. The van der Waals surface area contributed by atoms with E-state index in [1.165, 1.54) is 0 Å². The third-order valence-corrected chi connectivity index (χ3v) is 3.80. The highest BCUT2D eigenvalue weighted by molar-refractivity contribution is 5.82. The molecule has 1 rings (SSSR count). The summed E-state index contributed by atoms with van der Waals surface area (Å²) in [7, 11) is 1.76. The van der Waals surface area contributed by atoms with E-state index in [-0.39, 0.29) is 12.5 Å². The van der Waals surface area contributed by atoms with Crippen LogP contribution in [0.5, 0.6) is 0 Å². The number of benzene rings is 1. The average Bonchev–Trinajstić information content (AvgIpc) is 2.47. The van der Waals surface area contributed by atoms with Crippen molar-refractivity contribution in [3.63, 3.8) is 0 Å². The molecule has 0 aliphatic carbocycles. The summed E-state index contributed by atoms with van der Waals surface area (Å²) in [5.74, 6) is -0.965. The molecule has 0 radical (unpaired) electrons. The zero-order chi connectivity index (χ0) is 16.7. The monoisotopic (exact) mass is 306 g/mol. The predicted octanol–water partition coefficient (Wildman–Crippen LogP) is 2.14. The number of amides is 1. The van der Waals surface area contributed by atoms with E-state index in [4.69, 9.17) is 5.11 Å². The van der Waals surface area contributed by atoms with Crippen LogP contribution in [0.2, 0.25) is 0 Å². The Hall–Kier alpha value is -1.88. The van der Waals surface area contributed by atoms with Gasteiger partial charge in [-0.1, -0.05) is 31.2 Å². The number of rotatable bonds is 8. The van der Waals surface area contributed by atoms with Crippen molar-refractivity contribution in [3.05, 3.63) is 35.4 Å². The number of hydrogen-bond acceptors (Lipinski definition) is 3. The van der Waals surface area contributed by atoms with Crippen molar-refractivity contribution in [3.8, 4) is 0 Å². The van der Waals surface area contributed by atoms with Gasteiger partial charge in [-0.3, -0.25) is 14.5 Å². The molecule has 1 unspecified atom stereocenters. The summed E-state index contributed by atoms with van der Waals surface area (Å²) in [6.07, 6.45) is 0.812. The molecule has 0 aliphatic heterocycles. The van der Waals surface area contributed by atoms with Crippen molar-refractivity contribution >= 4 is 11.9 Å². The summed E-state index contributed by atoms with van der Waals surface area (Å²) in [6, 6.07) is 7.51. The number of carboxylic acid groups (broad SMARTS) is 1. The molecule has 0 fully saturated rings. The van der Waals surface area contributed by atoms with Gasteiger partial charge >= 0.3 is 5.97 Å². The first-order valence-electron chi connectivity index (χ1n) is 7.62. The van der Waals surface area contributed by atoms with Crippen LogP contribution in [0.3, 0.4) is 0 Å². The topological polar surface area (TPSA) is 60.9 Å². The van der Waals surface area contributed by atoms with E-state index in [0.717, 1.165) is 17.5 Å². The van der Waals surface area contributed by atoms with Gasteiger partial charge in [0.05, 0.1) is 12.6 Å². The van der Waals surface area contributed by atoms with Gasteiger partial charge in [0.15, 0.2) is 0 Å². The molecule has 22 heavy (non-hydrogen) atoms. The molecule has 5 nitrogen and oxygen atoms in total. The van der Waals surface area contributed by atoms with Gasteiger partial charge in [-0.05, 0) is 37.9 Å². The van der Waals surface area contributed by atoms with Gasteiger partial charge in [0, 0.05) is 13.6 Å². The van der Waals surface area contributed by atoms with Gasteiger partial charge in [-0.15, -0.1) is 0 Å². The van der Waals surface area contributed by atoms with Crippen LogP contribution in [0, 0.1) is 6.92 Å². The molecule has 0 heterocycles. The summed E-state index contributed by atoms with van der Waals surface area (Å²) in [4.78, 5) is 26.9. The van der Waals surface area contributed by atoms with Crippen molar-refractivity contribution < 1.29 is 14.7 Å². The van der Waals surface area contributed by atoms with Crippen LogP contribution in [0.25, 0.3) is 0 Å². The van der Waals surface area contributed by atoms with Gasteiger partial charge < -0.3 is 10.0 Å². The molecule has 1 aromatic carbocycles. The van der Waals surface area contributed by atoms with Crippen molar-refractivity contribution in [1.29, 1.82) is 0 Å². The standard InChI is InChI=1S/C17H26N2O3/c1-5-10-19(12-16(20)21)14(3)17(22)18(4)11-15-9-7-6-8-13(15)2/h6-9,14H,5,10-12H2,1-4H3,(H,20,21). The zero-order valence-corrected chi connectivity index (χ0v) is 13.9. The Morgan fingerprint density at radius 1 is 1.27 bits per heavy atom. The summed E-state index contributed by atoms with van der Waals surface area (Å²) >= 11 is 0. The largest absolute Gasteiger partial charge is 0.480 e. The van der Waals surface area contributed by atoms with Crippen molar-refractivity contribution in [2.75, 3.05) is 20.1 Å². The average molecular weight is 306 g/mol. The molecule has 1 amide bonds. The lowest BCUT2D eigenvalue weighted by Gasteiger charge is -2.30. The second kappa shape index (κ2) is 8.54. The zero-order valence-electron chi connectivity index (χ0n) is 13.9. The lowest BCUT2D eigenvalue weighted by atomic mass is 10.1. The minimum atomic E-state index is -0.908. The highest BCUT2D eigenvalue weighted by Crippen LogP contribution is 2.12. The van der Waals surface area contributed by atoms with E-state index in [2.05, 4.69) is 0 Å². The third-order valence-electron chi connectivity index (χ3n) is 3.80. The molecule has 0 saturated carbocycles. The quantitative estimate of drug-likeness (QED) is 0.799. The Morgan fingerprint density at radius 2 is 1.91 bits per heavy atom. The maximum atomic E-state index is 12.5. The molecule has 5 heteroatoms. The van der Waals surface area contributed by atoms with Crippen LogP contribution in [0.15, 0.2) is 24.3 Å². The van der Waals surface area contributed by atoms with Crippen LogP contribution >= 0.6 is 0 Å². The molecule has 1 atom stereocenters. The van der Waals surface area contributed by atoms with Gasteiger partial charge in [0.1, 0.15) is 0 Å². The highest BCUT2D eigenvalue weighted by Gasteiger charge is 2.25. The van der Waals surface area contributed by atoms with Crippen LogP contribution < -0.4 is 0 Å². The fourth-order valence-corrected chi connectivity index (χ4v) is 2.47. The molecule has 0 saturated heterocycles. The first-order chi connectivity index (χ1) is 10.4. The number of carboxylic acids is 1. The second-order valence-corrected chi connectivity index (χ2v) is 5.66. The number of aryl methyl sites for hydroxylation is 1. The number of hydrogen-bond donors (Lipinski definition) is 1. The minimum absolute atomic E-state index is 0.0575. The Labute approximate surface area is 132 Å². The van der Waals surface area contributed by atoms with Crippen LogP contribution in [-0.4, -0.2) is 53.0 Å². The number of nitrogens with zero attached hydrogens (tertiary/aromatic N) is 2. The Kier molecular flexibility index (Phi) is 7.05. The van der Waals surface area contributed by atoms with E-state index in [0.29, 0.717) is 13.1 Å². The molecule has 122 valence electrons. The molecular weight excluding hydrogens is 280 g/mol. The van der Waals surface area contributed by atoms with Gasteiger partial charge in [-0.2, -0.15) is 0 Å². The fourth-order valence-electron chi connectivity index (χ4n) is 2.47. The van der Waals surface area contributed by atoms with Crippen LogP contribution in [-0.2, 0) is 16.1 Å². The number of likely N-dealkylation sites (N-methyl/N-ethyl adjacent to an activating group) is 1. The number of aliphatic carboxylic acids is 1. The smallest absolute Gasteiger partial charge is 0.317 e. The van der Waals surface area contributed by atoms with Crippen molar-refractivity contribution in [1.82, 2.24) is 9.80 Å². The molecule has 1 N–H and O–H groups in total. The Bertz CT molecular complexity index is 516. The molecule has 0 aromatic heterocycles. The van der Waals surface area contributed by atoms with Crippen molar-refractivity contribution in [2.24, 2.45) is 0 Å². The van der Waals surface area contributed by atoms with E-state index < -0.39 is 12.0 Å². The lowest BCUT2D eigenvalue weighted by molar-refractivity contribution is -0.142. The summed E-state index contributed by atoms with van der Waals surface area (Å²) in [5, 5.41) is 8.98. The summed E-state index contributed by atoms with van der Waals surface area (Å²) in [5.41, 5.74) is 2.25. The molecule has 1 aromatic rings. The maximum Gasteiger partial charge on any atom is 0.317 e. The second-order valence-electron chi connectivity index (χ2n) is 5.66. The van der Waals surface area contributed by atoms with Gasteiger partial charge in [0.25, 0.3) is 0 Å². The van der Waals surface area contributed by atoms with Crippen molar-refractivity contribution in [2.45, 2.75) is 39.8 Å². The third kappa shape index (κ3) is 5.15. The number of carbonyl (C=O) groups is 2. The predicted molar refractivity (Wildman–Crippen MR) is 86.6 cm³/mol. The lowest BCUT2D eigenvalue weighted by Crippen LogP contribution is -2.47. The van der Waals surface area contributed by atoms with E-state index in [9.17, 15) is 9.59 Å². The summed E-state index contributed by atoms with van der Waals surface area (Å²) < 4.78 is 0. The SMILES string of the molecule is CCCN(CC(=O)O)C(C)C(=O)N(C)Cc1ccccc1C. The molecule has 0 spiro atoms. The van der Waals surface area contributed by atoms with Crippen LogP contribution in [0.1, 0.15) is 31.4 Å². The van der Waals surface area contributed by atoms with E-state index >= 15 is 0 Å².